The first-order valence-electron chi connectivity index (χ1n) is 13.4. The van der Waals surface area contributed by atoms with Crippen LogP contribution in [0.25, 0.3) is 0 Å². The minimum Gasteiger partial charge on any atom is -0.456 e. The summed E-state index contributed by atoms with van der Waals surface area (Å²) < 4.78 is 18.6. The van der Waals surface area contributed by atoms with E-state index in [1.54, 1.807) is 6.92 Å². The average molecular weight is 512 g/mol. The predicted molar refractivity (Wildman–Crippen MR) is 128 cm³/mol. The monoisotopic (exact) mass is 511 g/mol. The first kappa shape index (κ1) is 27.6. The largest absolute Gasteiger partial charge is 0.456 e. The summed E-state index contributed by atoms with van der Waals surface area (Å²) in [4.78, 5) is 25.6. The third-order valence-electron chi connectivity index (χ3n) is 8.87. The van der Waals surface area contributed by atoms with Gasteiger partial charge >= 0.3 is 5.97 Å². The zero-order chi connectivity index (χ0) is 26.0. The number of piperidine rings is 1. The molecule has 0 amide bonds. The van der Waals surface area contributed by atoms with Crippen LogP contribution in [-0.2, 0) is 23.8 Å². The molecule has 4 rings (SSSR count). The third-order valence-corrected chi connectivity index (χ3v) is 8.87. The molecule has 4 aliphatic rings. The number of ketones is 1. The minimum atomic E-state index is -0.986. The molecule has 0 radical (unpaired) electrons. The summed E-state index contributed by atoms with van der Waals surface area (Å²) in [5.41, 5.74) is 5.40. The number of quaternary nitrogens is 1. The Morgan fingerprint density at radius 1 is 1.28 bits per heavy atom. The van der Waals surface area contributed by atoms with Gasteiger partial charge in [0.25, 0.3) is 0 Å². The lowest BCUT2D eigenvalue weighted by Crippen LogP contribution is -2.95. The van der Waals surface area contributed by atoms with E-state index in [1.165, 1.54) is 6.08 Å². The predicted octanol–water partition coefficient (Wildman–Crippen LogP) is -0.861. The molecule has 10 heteroatoms. The number of esters is 1. The molecule has 0 aromatic carbocycles. The van der Waals surface area contributed by atoms with Gasteiger partial charge in [-0.25, -0.2) is 4.79 Å². The van der Waals surface area contributed by atoms with Crippen LogP contribution >= 0.6 is 0 Å². The molecule has 7 N–H and O–H groups in total. The maximum atomic E-state index is 12.8. The van der Waals surface area contributed by atoms with Gasteiger partial charge in [-0.15, -0.1) is 0 Å². The second kappa shape index (κ2) is 11.6. The number of carbonyl (C=O) groups is 2. The molecule has 10 atom stereocenters. The van der Waals surface area contributed by atoms with Crippen LogP contribution in [-0.4, -0.2) is 89.1 Å². The van der Waals surface area contributed by atoms with Gasteiger partial charge in [0, 0.05) is 31.1 Å². The summed E-state index contributed by atoms with van der Waals surface area (Å²) in [6.45, 7) is 3.91. The van der Waals surface area contributed by atoms with E-state index in [1.807, 2.05) is 6.92 Å². The van der Waals surface area contributed by atoms with Crippen LogP contribution in [0.5, 0.6) is 0 Å². The van der Waals surface area contributed by atoms with Crippen LogP contribution in [0.1, 0.15) is 58.8 Å². The first-order chi connectivity index (χ1) is 17.2. The minimum absolute atomic E-state index is 0.0757. The zero-order valence-electron chi connectivity index (χ0n) is 21.4. The number of carbonyl (C=O) groups excluding carboxylic acids is 2. The van der Waals surface area contributed by atoms with E-state index in [0.717, 1.165) is 25.8 Å². The van der Waals surface area contributed by atoms with Crippen molar-refractivity contribution >= 4 is 11.8 Å². The highest BCUT2D eigenvalue weighted by molar-refractivity contribution is 5.88. The summed E-state index contributed by atoms with van der Waals surface area (Å²) in [5.74, 6) is -1.29. The number of allylic oxidation sites excluding steroid dienone is 1. The van der Waals surface area contributed by atoms with Gasteiger partial charge in [-0.1, -0.05) is 6.08 Å². The third kappa shape index (κ3) is 5.70. The Morgan fingerprint density at radius 3 is 2.69 bits per heavy atom. The standard InChI is InChI=1S/C26H42N2O8/c1-3-15(12-29)25(33)35-21-9-17-19(10-20-23(24(17)32)18(31)8-16(13-30)34-20)36-26(21,2)7-6-14-4-5-22(27)28-11-14/h3,14,16-17,19-24,28-30,32H,4-13,27H2,1-2H3/p+1. The van der Waals surface area contributed by atoms with E-state index in [-0.39, 0.29) is 42.6 Å². The molecule has 204 valence electrons. The van der Waals surface area contributed by atoms with E-state index in [2.05, 4.69) is 5.32 Å². The van der Waals surface area contributed by atoms with E-state index in [4.69, 9.17) is 19.9 Å². The van der Waals surface area contributed by atoms with Crippen LogP contribution in [0.4, 0.5) is 0 Å². The molecule has 1 saturated carbocycles. The first-order valence-corrected chi connectivity index (χ1v) is 13.4. The lowest BCUT2D eigenvalue weighted by Gasteiger charge is -2.54. The summed E-state index contributed by atoms with van der Waals surface area (Å²) in [7, 11) is 0. The second-order valence-corrected chi connectivity index (χ2v) is 11.3. The van der Waals surface area contributed by atoms with Gasteiger partial charge < -0.3 is 34.8 Å². The molecule has 1 aliphatic carbocycles. The molecule has 36 heavy (non-hydrogen) atoms. The fourth-order valence-corrected chi connectivity index (χ4v) is 6.56. The van der Waals surface area contributed by atoms with Crippen LogP contribution in [0, 0.1) is 17.8 Å². The van der Waals surface area contributed by atoms with Crippen molar-refractivity contribution in [1.29, 1.82) is 0 Å². The second-order valence-electron chi connectivity index (χ2n) is 11.3. The number of ether oxygens (including phenoxy) is 3. The normalized spacial score (nSPS) is 43.4. The van der Waals surface area contributed by atoms with E-state index in [9.17, 15) is 24.9 Å². The molecule has 10 unspecified atom stereocenters. The number of rotatable bonds is 7. The maximum Gasteiger partial charge on any atom is 0.336 e. The lowest BCUT2D eigenvalue weighted by molar-refractivity contribution is -0.703. The Labute approximate surface area is 212 Å². The highest BCUT2D eigenvalue weighted by Crippen LogP contribution is 2.48. The van der Waals surface area contributed by atoms with Crippen molar-refractivity contribution in [2.45, 2.75) is 101 Å². The smallest absolute Gasteiger partial charge is 0.336 e. The van der Waals surface area contributed by atoms with E-state index in [0.29, 0.717) is 25.2 Å². The zero-order valence-corrected chi connectivity index (χ0v) is 21.4. The molecule has 3 heterocycles. The Balaban J connectivity index is 1.53. The van der Waals surface area contributed by atoms with Crippen LogP contribution in [0.15, 0.2) is 11.6 Å². The van der Waals surface area contributed by atoms with Gasteiger partial charge in [-0.05, 0) is 39.5 Å². The molecule has 3 saturated heterocycles. The molecule has 10 nitrogen and oxygen atoms in total. The van der Waals surface area contributed by atoms with Gasteiger partial charge in [0.2, 0.25) is 0 Å². The molecule has 4 fully saturated rings. The van der Waals surface area contributed by atoms with E-state index >= 15 is 0 Å². The summed E-state index contributed by atoms with van der Waals surface area (Å²) in [6.07, 6.45) is 3.04. The van der Waals surface area contributed by atoms with E-state index < -0.39 is 48.5 Å². The van der Waals surface area contributed by atoms with Crippen molar-refractivity contribution in [3.05, 3.63) is 11.6 Å². The Bertz CT molecular complexity index is 829. The Hall–Kier alpha value is -1.40. The number of aliphatic hydroxyl groups is 3. The van der Waals surface area contributed by atoms with Gasteiger partial charge in [-0.2, -0.15) is 0 Å². The molecule has 3 aliphatic heterocycles. The summed E-state index contributed by atoms with van der Waals surface area (Å²) >= 11 is 0. The van der Waals surface area contributed by atoms with Gasteiger partial charge in [0.05, 0.1) is 55.7 Å². The van der Waals surface area contributed by atoms with Gasteiger partial charge in [0.15, 0.2) is 0 Å². The molecule has 0 aromatic rings. The lowest BCUT2D eigenvalue weighted by atomic mass is 9.66. The summed E-state index contributed by atoms with van der Waals surface area (Å²) in [5, 5.41) is 32.5. The van der Waals surface area contributed by atoms with Crippen molar-refractivity contribution in [3.8, 4) is 0 Å². The molecule has 0 spiro atoms. The van der Waals surface area contributed by atoms with Crippen molar-refractivity contribution in [2.24, 2.45) is 23.5 Å². The highest BCUT2D eigenvalue weighted by atomic mass is 16.6. The highest BCUT2D eigenvalue weighted by Gasteiger charge is 2.57. The Morgan fingerprint density at radius 2 is 2.06 bits per heavy atom. The number of Topliss-reactive ketones (excluding diaryl/α,β-unsaturated/α-hetero) is 1. The fraction of sp³-hybridized carbons (Fsp3) is 0.846. The number of hydrogen-bond acceptors (Lipinski definition) is 9. The van der Waals surface area contributed by atoms with Crippen molar-refractivity contribution in [3.63, 3.8) is 0 Å². The number of hydrogen-bond donors (Lipinski definition) is 5. The van der Waals surface area contributed by atoms with Crippen molar-refractivity contribution < 1.29 is 44.4 Å². The van der Waals surface area contributed by atoms with Crippen LogP contribution in [0.3, 0.4) is 0 Å². The molecule has 0 bridgehead atoms. The van der Waals surface area contributed by atoms with Gasteiger partial charge in [0.1, 0.15) is 23.7 Å². The Kier molecular flexibility index (Phi) is 8.87. The average Bonchev–Trinajstić information content (AvgIpc) is 2.85. The van der Waals surface area contributed by atoms with Crippen molar-refractivity contribution in [1.82, 2.24) is 0 Å². The molecule has 0 aromatic heterocycles. The van der Waals surface area contributed by atoms with Crippen LogP contribution < -0.4 is 11.1 Å². The fourth-order valence-electron chi connectivity index (χ4n) is 6.56. The molecular formula is C26H43N2O8+. The van der Waals surface area contributed by atoms with Crippen LogP contribution in [0.2, 0.25) is 0 Å². The van der Waals surface area contributed by atoms with Crippen molar-refractivity contribution in [2.75, 3.05) is 19.8 Å². The topological polar surface area (TPSA) is 165 Å². The molecular weight excluding hydrogens is 468 g/mol. The number of fused-ring (bicyclic) bond motifs is 2. The summed E-state index contributed by atoms with van der Waals surface area (Å²) in [6, 6.07) is 0. The maximum absolute atomic E-state index is 12.8. The SMILES string of the molecule is CC=C(CO)C(=O)OC1CC2C(CC3OC(CO)CC(=O)C3C2O)OC1(C)CCC1CCC(N)[NH2+]C1. The van der Waals surface area contributed by atoms with Gasteiger partial charge in [-0.3, -0.25) is 10.5 Å². The number of nitrogens with two attached hydrogens (primary N) is 2. The number of aliphatic hydroxyl groups excluding tert-OH is 3. The quantitative estimate of drug-likeness (QED) is 0.216.